The molecule has 1 atom stereocenters. The van der Waals surface area contributed by atoms with Crippen LogP contribution in [0.25, 0.3) is 0 Å². The lowest BCUT2D eigenvalue weighted by Gasteiger charge is -2.41. The molecule has 2 aromatic carbocycles. The molecule has 1 fully saturated rings. The van der Waals surface area contributed by atoms with Crippen LogP contribution in [0.15, 0.2) is 54.6 Å². The monoisotopic (exact) mass is 360 g/mol. The zero-order valence-electron chi connectivity index (χ0n) is 14.6. The summed E-state index contributed by atoms with van der Waals surface area (Å²) in [6.07, 6.45) is 2.01. The van der Waals surface area contributed by atoms with Gasteiger partial charge in [-0.25, -0.2) is 8.42 Å². The van der Waals surface area contributed by atoms with Crippen molar-refractivity contribution < 1.29 is 13.2 Å². The van der Waals surface area contributed by atoms with Crippen molar-refractivity contribution in [1.82, 2.24) is 4.31 Å². The highest BCUT2D eigenvalue weighted by atomic mass is 32.2. The van der Waals surface area contributed by atoms with Crippen molar-refractivity contribution in [3.8, 4) is 5.75 Å². The van der Waals surface area contributed by atoms with Crippen molar-refractivity contribution in [2.24, 2.45) is 0 Å². The van der Waals surface area contributed by atoms with Gasteiger partial charge < -0.3 is 9.64 Å². The first-order valence-corrected chi connectivity index (χ1v) is 10.2. The molecule has 2 aromatic rings. The van der Waals surface area contributed by atoms with Gasteiger partial charge in [0.1, 0.15) is 5.75 Å². The summed E-state index contributed by atoms with van der Waals surface area (Å²) in [5, 5.41) is 0. The highest BCUT2D eigenvalue weighted by Crippen LogP contribution is 2.24. The number of hydrogen-bond donors (Lipinski definition) is 0. The van der Waals surface area contributed by atoms with Gasteiger partial charge in [0.25, 0.3) is 0 Å². The van der Waals surface area contributed by atoms with Gasteiger partial charge in [0, 0.05) is 31.4 Å². The average Bonchev–Trinajstić information content (AvgIpc) is 2.62. The lowest BCUT2D eigenvalue weighted by molar-refractivity contribution is 0.290. The smallest absolute Gasteiger partial charge is 0.211 e. The summed E-state index contributed by atoms with van der Waals surface area (Å²) in [7, 11) is -1.58. The Morgan fingerprint density at radius 2 is 1.72 bits per heavy atom. The lowest BCUT2D eigenvalue weighted by Crippen LogP contribution is -2.55. The molecule has 0 radical (unpaired) electrons. The first kappa shape index (κ1) is 17.8. The quantitative estimate of drug-likeness (QED) is 0.822. The van der Waals surface area contributed by atoms with Crippen molar-refractivity contribution in [3.63, 3.8) is 0 Å². The summed E-state index contributed by atoms with van der Waals surface area (Å²) in [6.45, 7) is 1.86. The van der Waals surface area contributed by atoms with E-state index < -0.39 is 10.0 Å². The molecule has 3 rings (SSSR count). The molecule has 0 aromatic heterocycles. The number of hydrogen-bond acceptors (Lipinski definition) is 4. The van der Waals surface area contributed by atoms with Gasteiger partial charge in [-0.1, -0.05) is 30.3 Å². The van der Waals surface area contributed by atoms with Gasteiger partial charge in [-0.05, 0) is 36.2 Å². The lowest BCUT2D eigenvalue weighted by atomic mass is 10.0. The van der Waals surface area contributed by atoms with E-state index in [0.717, 1.165) is 17.0 Å². The van der Waals surface area contributed by atoms with Gasteiger partial charge >= 0.3 is 0 Å². The zero-order valence-corrected chi connectivity index (χ0v) is 15.4. The second-order valence-electron chi connectivity index (χ2n) is 6.36. The van der Waals surface area contributed by atoms with Gasteiger partial charge in [0.2, 0.25) is 10.0 Å². The summed E-state index contributed by atoms with van der Waals surface area (Å²) >= 11 is 0. The van der Waals surface area contributed by atoms with E-state index in [2.05, 4.69) is 4.90 Å². The third kappa shape index (κ3) is 4.32. The molecule has 0 saturated carbocycles. The van der Waals surface area contributed by atoms with E-state index in [9.17, 15) is 8.42 Å². The third-order valence-corrected chi connectivity index (χ3v) is 5.94. The fraction of sp³-hybridized carbons (Fsp3) is 0.368. The van der Waals surface area contributed by atoms with Crippen molar-refractivity contribution in [2.75, 3.05) is 37.9 Å². The van der Waals surface area contributed by atoms with Gasteiger partial charge in [-0.3, -0.25) is 0 Å². The van der Waals surface area contributed by atoms with E-state index in [-0.39, 0.29) is 6.04 Å². The van der Waals surface area contributed by atoms with Crippen molar-refractivity contribution in [1.29, 1.82) is 0 Å². The Labute approximate surface area is 149 Å². The number of ether oxygens (including phenoxy) is 1. The van der Waals surface area contributed by atoms with Crippen LogP contribution in [-0.2, 0) is 16.4 Å². The Morgan fingerprint density at radius 3 is 2.32 bits per heavy atom. The number of piperazine rings is 1. The molecule has 1 unspecified atom stereocenters. The van der Waals surface area contributed by atoms with Crippen LogP contribution >= 0.6 is 0 Å². The number of rotatable bonds is 5. The standard InChI is InChI=1S/C19H24N2O3S/c1-24-19-10-8-17(9-11-19)20-12-13-21(25(2,22)23)18(15-20)14-16-6-4-3-5-7-16/h3-11,18H,12-15H2,1-2H3. The topological polar surface area (TPSA) is 49.9 Å². The second-order valence-corrected chi connectivity index (χ2v) is 8.30. The number of methoxy groups -OCH3 is 1. The maximum Gasteiger partial charge on any atom is 0.211 e. The Hall–Kier alpha value is -2.05. The van der Waals surface area contributed by atoms with Crippen LogP contribution < -0.4 is 9.64 Å². The predicted molar refractivity (Wildman–Crippen MR) is 101 cm³/mol. The number of anilines is 1. The number of benzene rings is 2. The van der Waals surface area contributed by atoms with E-state index in [0.29, 0.717) is 26.1 Å². The first-order chi connectivity index (χ1) is 12.0. The van der Waals surface area contributed by atoms with E-state index in [1.807, 2.05) is 54.6 Å². The molecular weight excluding hydrogens is 336 g/mol. The minimum absolute atomic E-state index is 0.0757. The Balaban J connectivity index is 1.81. The van der Waals surface area contributed by atoms with E-state index in [4.69, 9.17) is 4.74 Å². The average molecular weight is 360 g/mol. The van der Waals surface area contributed by atoms with Crippen LogP contribution in [0.2, 0.25) is 0 Å². The fourth-order valence-electron chi connectivity index (χ4n) is 3.36. The largest absolute Gasteiger partial charge is 0.497 e. The molecule has 6 heteroatoms. The molecule has 1 aliphatic rings. The molecule has 0 bridgehead atoms. The predicted octanol–water partition coefficient (Wildman–Crippen LogP) is 2.39. The summed E-state index contributed by atoms with van der Waals surface area (Å²) in [4.78, 5) is 2.24. The maximum atomic E-state index is 12.2. The fourth-order valence-corrected chi connectivity index (χ4v) is 4.45. The van der Waals surface area contributed by atoms with Crippen LogP contribution in [0, 0.1) is 0 Å². The number of nitrogens with zero attached hydrogens (tertiary/aromatic N) is 2. The molecule has 1 aliphatic heterocycles. The zero-order chi connectivity index (χ0) is 17.9. The second kappa shape index (κ2) is 7.45. The SMILES string of the molecule is COc1ccc(N2CCN(S(C)(=O)=O)C(Cc3ccccc3)C2)cc1. The third-order valence-electron chi connectivity index (χ3n) is 4.61. The molecule has 134 valence electrons. The summed E-state index contributed by atoms with van der Waals surface area (Å²) in [6, 6.07) is 17.9. The van der Waals surface area contributed by atoms with Crippen molar-refractivity contribution in [2.45, 2.75) is 12.5 Å². The molecule has 1 heterocycles. The minimum Gasteiger partial charge on any atom is -0.497 e. The van der Waals surface area contributed by atoms with E-state index in [1.54, 1.807) is 11.4 Å². The van der Waals surface area contributed by atoms with Crippen LogP contribution in [0.3, 0.4) is 0 Å². The molecule has 0 spiro atoms. The summed E-state index contributed by atoms with van der Waals surface area (Å²) in [5.41, 5.74) is 2.24. The van der Waals surface area contributed by atoms with Crippen LogP contribution in [0.1, 0.15) is 5.56 Å². The molecule has 1 saturated heterocycles. The highest BCUT2D eigenvalue weighted by molar-refractivity contribution is 7.88. The van der Waals surface area contributed by atoms with Crippen molar-refractivity contribution >= 4 is 15.7 Å². The molecule has 0 N–H and O–H groups in total. The Kier molecular flexibility index (Phi) is 5.30. The molecule has 5 nitrogen and oxygen atoms in total. The molecule has 0 aliphatic carbocycles. The van der Waals surface area contributed by atoms with Crippen LogP contribution in [-0.4, -0.2) is 51.8 Å². The van der Waals surface area contributed by atoms with Crippen LogP contribution in [0.5, 0.6) is 5.75 Å². The number of sulfonamides is 1. The normalized spacial score (nSPS) is 19.0. The van der Waals surface area contributed by atoms with Crippen LogP contribution in [0.4, 0.5) is 5.69 Å². The first-order valence-electron chi connectivity index (χ1n) is 8.37. The van der Waals surface area contributed by atoms with Gasteiger partial charge in [-0.2, -0.15) is 4.31 Å². The van der Waals surface area contributed by atoms with Gasteiger partial charge in [-0.15, -0.1) is 0 Å². The van der Waals surface area contributed by atoms with Gasteiger partial charge in [0.15, 0.2) is 0 Å². The molecular formula is C19H24N2O3S. The van der Waals surface area contributed by atoms with E-state index >= 15 is 0 Å². The maximum absolute atomic E-state index is 12.2. The van der Waals surface area contributed by atoms with Gasteiger partial charge in [0.05, 0.1) is 13.4 Å². The molecule has 0 amide bonds. The summed E-state index contributed by atoms with van der Waals surface area (Å²) < 4.78 is 31.3. The van der Waals surface area contributed by atoms with Crippen molar-refractivity contribution in [3.05, 3.63) is 60.2 Å². The van der Waals surface area contributed by atoms with E-state index in [1.165, 1.54) is 6.26 Å². The minimum atomic E-state index is -3.22. The Morgan fingerprint density at radius 1 is 1.04 bits per heavy atom. The Bertz CT molecular complexity index is 791. The molecule has 25 heavy (non-hydrogen) atoms. The highest BCUT2D eigenvalue weighted by Gasteiger charge is 2.32. The summed E-state index contributed by atoms with van der Waals surface area (Å²) in [5.74, 6) is 0.819.